The van der Waals surface area contributed by atoms with E-state index >= 15 is 0 Å². The van der Waals surface area contributed by atoms with Crippen LogP contribution in [-0.2, 0) is 4.74 Å². The molecule has 0 aromatic heterocycles. The highest BCUT2D eigenvalue weighted by atomic mass is 16.5. The molecule has 0 aromatic rings. The number of allylic oxidation sites excluding steroid dienone is 1. The lowest BCUT2D eigenvalue weighted by molar-refractivity contribution is 0.0963. The van der Waals surface area contributed by atoms with Crippen molar-refractivity contribution in [1.29, 1.82) is 0 Å². The second-order valence-electron chi connectivity index (χ2n) is 5.94. The molecule has 1 saturated carbocycles. The molecule has 0 amide bonds. The SMILES string of the molecule is COCCNCC1(C2=CCCCC2)CC(C)C1. The van der Waals surface area contributed by atoms with E-state index in [4.69, 9.17) is 4.74 Å². The number of hydrogen-bond acceptors (Lipinski definition) is 2. The van der Waals surface area contributed by atoms with Gasteiger partial charge in [0.15, 0.2) is 0 Å². The number of rotatable bonds is 6. The van der Waals surface area contributed by atoms with Crippen molar-refractivity contribution in [2.24, 2.45) is 11.3 Å². The fourth-order valence-electron chi connectivity index (χ4n) is 3.62. The Morgan fingerprint density at radius 3 is 2.82 bits per heavy atom. The Bertz CT molecular complexity index is 266. The first-order valence-electron chi connectivity index (χ1n) is 7.16. The average Bonchev–Trinajstić information content (AvgIpc) is 2.33. The largest absolute Gasteiger partial charge is 0.383 e. The summed E-state index contributed by atoms with van der Waals surface area (Å²) in [6, 6.07) is 0. The van der Waals surface area contributed by atoms with E-state index in [2.05, 4.69) is 18.3 Å². The van der Waals surface area contributed by atoms with E-state index in [9.17, 15) is 0 Å². The third kappa shape index (κ3) is 3.11. The minimum absolute atomic E-state index is 0.508. The molecule has 2 heteroatoms. The molecule has 0 radical (unpaired) electrons. The van der Waals surface area contributed by atoms with Crippen LogP contribution in [0.25, 0.3) is 0 Å². The molecule has 0 unspecified atom stereocenters. The van der Waals surface area contributed by atoms with Gasteiger partial charge in [0, 0.05) is 25.6 Å². The third-order valence-corrected chi connectivity index (χ3v) is 4.40. The zero-order valence-corrected chi connectivity index (χ0v) is 11.4. The summed E-state index contributed by atoms with van der Waals surface area (Å²) in [4.78, 5) is 0. The van der Waals surface area contributed by atoms with E-state index in [-0.39, 0.29) is 0 Å². The fraction of sp³-hybridized carbons (Fsp3) is 0.867. The van der Waals surface area contributed by atoms with Gasteiger partial charge >= 0.3 is 0 Å². The van der Waals surface area contributed by atoms with Gasteiger partial charge < -0.3 is 10.1 Å². The number of nitrogens with one attached hydrogen (secondary N) is 1. The maximum Gasteiger partial charge on any atom is 0.0587 e. The van der Waals surface area contributed by atoms with Crippen LogP contribution in [0.15, 0.2) is 11.6 Å². The summed E-state index contributed by atoms with van der Waals surface area (Å²) < 4.78 is 5.10. The Kier molecular flexibility index (Phi) is 4.63. The highest BCUT2D eigenvalue weighted by molar-refractivity contribution is 5.21. The maximum absolute atomic E-state index is 5.10. The summed E-state index contributed by atoms with van der Waals surface area (Å²) >= 11 is 0. The molecule has 0 aromatic carbocycles. The molecule has 2 rings (SSSR count). The van der Waals surface area contributed by atoms with E-state index in [1.54, 1.807) is 12.7 Å². The lowest BCUT2D eigenvalue weighted by Gasteiger charge is -2.49. The molecular weight excluding hydrogens is 210 g/mol. The van der Waals surface area contributed by atoms with Crippen LogP contribution in [0.4, 0.5) is 0 Å². The molecule has 2 aliphatic rings. The molecule has 0 spiro atoms. The first-order valence-corrected chi connectivity index (χ1v) is 7.16. The van der Waals surface area contributed by atoms with Gasteiger partial charge in [-0.1, -0.05) is 18.6 Å². The van der Waals surface area contributed by atoms with Gasteiger partial charge in [-0.2, -0.15) is 0 Å². The van der Waals surface area contributed by atoms with Gasteiger partial charge in [-0.05, 0) is 44.4 Å². The van der Waals surface area contributed by atoms with E-state index in [0.29, 0.717) is 5.41 Å². The van der Waals surface area contributed by atoms with Crippen molar-refractivity contribution < 1.29 is 4.74 Å². The topological polar surface area (TPSA) is 21.3 Å². The smallest absolute Gasteiger partial charge is 0.0587 e. The molecule has 1 N–H and O–H groups in total. The second kappa shape index (κ2) is 6.01. The van der Waals surface area contributed by atoms with Crippen molar-refractivity contribution in [2.75, 3.05) is 26.8 Å². The van der Waals surface area contributed by atoms with E-state index < -0.39 is 0 Å². The first-order chi connectivity index (χ1) is 8.27. The molecule has 1 fully saturated rings. The zero-order chi connectivity index (χ0) is 12.1. The van der Waals surface area contributed by atoms with Crippen LogP contribution in [-0.4, -0.2) is 26.8 Å². The predicted octanol–water partition coefficient (Wildman–Crippen LogP) is 3.14. The highest BCUT2D eigenvalue weighted by Gasteiger charge is 2.44. The molecule has 2 aliphatic carbocycles. The van der Waals surface area contributed by atoms with Crippen molar-refractivity contribution >= 4 is 0 Å². The summed E-state index contributed by atoms with van der Waals surface area (Å²) in [6.45, 7) is 5.36. The number of methoxy groups -OCH3 is 1. The summed E-state index contributed by atoms with van der Waals surface area (Å²) in [7, 11) is 1.77. The maximum atomic E-state index is 5.10. The van der Waals surface area contributed by atoms with E-state index in [1.807, 2.05) is 0 Å². The molecule has 0 atom stereocenters. The molecule has 17 heavy (non-hydrogen) atoms. The van der Waals surface area contributed by atoms with Crippen molar-refractivity contribution in [3.8, 4) is 0 Å². The van der Waals surface area contributed by atoms with Crippen LogP contribution in [0, 0.1) is 11.3 Å². The first kappa shape index (κ1) is 13.1. The van der Waals surface area contributed by atoms with Crippen molar-refractivity contribution in [3.63, 3.8) is 0 Å². The van der Waals surface area contributed by atoms with Crippen molar-refractivity contribution in [1.82, 2.24) is 5.32 Å². The standard InChI is InChI=1S/C15H27NO/c1-13-10-15(11-13,12-16-8-9-17-2)14-6-4-3-5-7-14/h6,13,16H,3-5,7-12H2,1-2H3. The summed E-state index contributed by atoms with van der Waals surface area (Å²) in [5.74, 6) is 0.919. The van der Waals surface area contributed by atoms with Gasteiger partial charge in [-0.15, -0.1) is 0 Å². The van der Waals surface area contributed by atoms with Gasteiger partial charge in [0.25, 0.3) is 0 Å². The number of ether oxygens (including phenoxy) is 1. The zero-order valence-electron chi connectivity index (χ0n) is 11.4. The molecular formula is C15H27NO. The van der Waals surface area contributed by atoms with Gasteiger partial charge in [0.1, 0.15) is 0 Å². The van der Waals surface area contributed by atoms with Crippen LogP contribution in [0.5, 0.6) is 0 Å². The van der Waals surface area contributed by atoms with Gasteiger partial charge in [-0.25, -0.2) is 0 Å². The summed E-state index contributed by atoms with van der Waals surface area (Å²) in [5, 5.41) is 3.58. The molecule has 0 aliphatic heterocycles. The minimum Gasteiger partial charge on any atom is -0.383 e. The minimum atomic E-state index is 0.508. The van der Waals surface area contributed by atoms with Crippen LogP contribution in [0.3, 0.4) is 0 Å². The second-order valence-corrected chi connectivity index (χ2v) is 5.94. The quantitative estimate of drug-likeness (QED) is 0.566. The number of hydrogen-bond donors (Lipinski definition) is 1. The van der Waals surface area contributed by atoms with Crippen LogP contribution >= 0.6 is 0 Å². The van der Waals surface area contributed by atoms with Crippen molar-refractivity contribution in [2.45, 2.75) is 45.4 Å². The third-order valence-electron chi connectivity index (χ3n) is 4.40. The Hall–Kier alpha value is -0.340. The van der Waals surface area contributed by atoms with E-state index in [0.717, 1.165) is 25.6 Å². The molecule has 0 saturated heterocycles. The van der Waals surface area contributed by atoms with Gasteiger partial charge in [0.2, 0.25) is 0 Å². The lowest BCUT2D eigenvalue weighted by atomic mass is 9.57. The fourth-order valence-corrected chi connectivity index (χ4v) is 3.62. The average molecular weight is 237 g/mol. The summed E-state index contributed by atoms with van der Waals surface area (Å²) in [5.41, 5.74) is 2.26. The monoisotopic (exact) mass is 237 g/mol. The van der Waals surface area contributed by atoms with E-state index in [1.165, 1.54) is 38.5 Å². The Morgan fingerprint density at radius 2 is 2.24 bits per heavy atom. The molecule has 0 heterocycles. The Labute approximate surface area is 106 Å². The lowest BCUT2D eigenvalue weighted by Crippen LogP contribution is -2.46. The Morgan fingerprint density at radius 1 is 1.41 bits per heavy atom. The highest BCUT2D eigenvalue weighted by Crippen LogP contribution is 2.52. The Balaban J connectivity index is 1.88. The van der Waals surface area contributed by atoms with Crippen LogP contribution < -0.4 is 5.32 Å². The van der Waals surface area contributed by atoms with Crippen LogP contribution in [0.1, 0.15) is 45.4 Å². The molecule has 2 nitrogen and oxygen atoms in total. The summed E-state index contributed by atoms with van der Waals surface area (Å²) in [6.07, 6.45) is 10.8. The molecule has 98 valence electrons. The van der Waals surface area contributed by atoms with Crippen molar-refractivity contribution in [3.05, 3.63) is 11.6 Å². The van der Waals surface area contributed by atoms with Gasteiger partial charge in [0.05, 0.1) is 6.61 Å². The predicted molar refractivity (Wildman–Crippen MR) is 72.1 cm³/mol. The normalized spacial score (nSPS) is 33.1. The van der Waals surface area contributed by atoms with Crippen LogP contribution in [0.2, 0.25) is 0 Å². The molecule has 0 bridgehead atoms. The van der Waals surface area contributed by atoms with Gasteiger partial charge in [-0.3, -0.25) is 0 Å².